The second kappa shape index (κ2) is 7.52. The Morgan fingerprint density at radius 2 is 1.82 bits per heavy atom. The molecule has 0 fully saturated rings. The van der Waals surface area contributed by atoms with Crippen LogP contribution in [0.4, 0.5) is 4.39 Å². The van der Waals surface area contributed by atoms with Gasteiger partial charge in [0.15, 0.2) is 0 Å². The molecule has 33 heavy (non-hydrogen) atoms. The Morgan fingerprint density at radius 3 is 2.67 bits per heavy atom. The third kappa shape index (κ3) is 3.28. The van der Waals surface area contributed by atoms with Gasteiger partial charge in [0.1, 0.15) is 22.9 Å². The predicted molar refractivity (Wildman–Crippen MR) is 124 cm³/mol. The van der Waals surface area contributed by atoms with Crippen LogP contribution in [0.3, 0.4) is 0 Å². The third-order valence-corrected chi connectivity index (χ3v) is 5.63. The first kappa shape index (κ1) is 19.1. The van der Waals surface area contributed by atoms with Crippen molar-refractivity contribution in [3.63, 3.8) is 0 Å². The number of fused-ring (bicyclic) bond motifs is 2. The van der Waals surface area contributed by atoms with Gasteiger partial charge in [-0.25, -0.2) is 9.37 Å². The molecule has 0 aliphatic carbocycles. The van der Waals surface area contributed by atoms with Crippen molar-refractivity contribution in [1.29, 1.82) is 0 Å². The average Bonchev–Trinajstić information content (AvgIpc) is 3.47. The van der Waals surface area contributed by atoms with Gasteiger partial charge in [-0.1, -0.05) is 6.07 Å². The molecule has 0 spiro atoms. The summed E-state index contributed by atoms with van der Waals surface area (Å²) in [5.74, 6) is 0.0977. The molecule has 0 atom stereocenters. The van der Waals surface area contributed by atoms with Gasteiger partial charge in [0.25, 0.3) is 0 Å². The van der Waals surface area contributed by atoms with E-state index in [1.165, 1.54) is 19.2 Å². The molecule has 2 N–H and O–H groups in total. The number of nitrogens with one attached hydrogen (secondary N) is 2. The van der Waals surface area contributed by atoms with Crippen molar-refractivity contribution in [2.24, 2.45) is 0 Å². The van der Waals surface area contributed by atoms with Crippen LogP contribution in [0, 0.1) is 5.82 Å². The van der Waals surface area contributed by atoms with Gasteiger partial charge in [0.05, 0.1) is 30.2 Å². The molecule has 6 aromatic rings. The fourth-order valence-electron chi connectivity index (χ4n) is 4.07. The summed E-state index contributed by atoms with van der Waals surface area (Å²) < 4.78 is 19.4. The lowest BCUT2D eigenvalue weighted by Gasteiger charge is -2.06. The molecule has 160 valence electrons. The topological polar surface area (TPSA) is 92.4 Å². The Hall–Kier alpha value is -4.59. The van der Waals surface area contributed by atoms with Crippen LogP contribution >= 0.6 is 0 Å². The number of pyridine rings is 1. The third-order valence-electron chi connectivity index (χ3n) is 5.63. The summed E-state index contributed by atoms with van der Waals surface area (Å²) in [5, 5.41) is 9.43. The van der Waals surface area contributed by atoms with Gasteiger partial charge in [-0.3, -0.25) is 15.1 Å². The maximum Gasteiger partial charge on any atom is 0.138 e. The van der Waals surface area contributed by atoms with E-state index in [4.69, 9.17) is 4.74 Å². The smallest absolute Gasteiger partial charge is 0.138 e. The highest BCUT2D eigenvalue weighted by molar-refractivity contribution is 6.00. The first-order chi connectivity index (χ1) is 16.2. The molecule has 0 radical (unpaired) electrons. The number of aromatic nitrogens is 6. The molecule has 0 bridgehead atoms. The van der Waals surface area contributed by atoms with E-state index in [2.05, 4.69) is 30.1 Å². The largest absolute Gasteiger partial charge is 0.497 e. The molecule has 0 aliphatic heterocycles. The highest BCUT2D eigenvalue weighted by atomic mass is 19.1. The Bertz CT molecular complexity index is 1620. The normalized spacial score (nSPS) is 11.3. The number of H-pyrrole nitrogens is 2. The van der Waals surface area contributed by atoms with E-state index in [1.54, 1.807) is 24.8 Å². The number of rotatable bonds is 4. The van der Waals surface area contributed by atoms with Crippen LogP contribution in [0.15, 0.2) is 73.3 Å². The van der Waals surface area contributed by atoms with Crippen LogP contribution in [-0.2, 0) is 0 Å². The summed E-state index contributed by atoms with van der Waals surface area (Å²) in [6.45, 7) is 0. The van der Waals surface area contributed by atoms with E-state index >= 15 is 0 Å². The molecule has 8 heteroatoms. The molecule has 0 amide bonds. The van der Waals surface area contributed by atoms with Gasteiger partial charge in [0, 0.05) is 41.0 Å². The van der Waals surface area contributed by atoms with Gasteiger partial charge in [-0.2, -0.15) is 5.10 Å². The van der Waals surface area contributed by atoms with Crippen LogP contribution in [0.2, 0.25) is 0 Å². The Morgan fingerprint density at radius 1 is 0.879 bits per heavy atom. The molecule has 0 saturated carbocycles. The zero-order valence-electron chi connectivity index (χ0n) is 17.5. The molecule has 7 nitrogen and oxygen atoms in total. The number of nitrogens with zero attached hydrogens (tertiary/aromatic N) is 4. The molecule has 4 heterocycles. The second-order valence-electron chi connectivity index (χ2n) is 7.61. The van der Waals surface area contributed by atoms with Crippen molar-refractivity contribution in [2.45, 2.75) is 0 Å². The summed E-state index contributed by atoms with van der Waals surface area (Å²) in [6.07, 6.45) is 6.74. The van der Waals surface area contributed by atoms with Crippen LogP contribution in [0.25, 0.3) is 55.7 Å². The zero-order valence-corrected chi connectivity index (χ0v) is 17.5. The van der Waals surface area contributed by atoms with E-state index in [-0.39, 0.29) is 5.82 Å². The molecular weight excluding hydrogens is 419 g/mol. The van der Waals surface area contributed by atoms with E-state index in [1.807, 2.05) is 36.4 Å². The van der Waals surface area contributed by atoms with E-state index < -0.39 is 0 Å². The number of ether oxygens (including phenoxy) is 1. The first-order valence-electron chi connectivity index (χ1n) is 10.3. The van der Waals surface area contributed by atoms with E-state index in [0.717, 1.165) is 44.5 Å². The fraction of sp³-hybridized carbons (Fsp3) is 0.0400. The van der Waals surface area contributed by atoms with E-state index in [0.29, 0.717) is 17.0 Å². The number of aromatic amines is 2. The summed E-state index contributed by atoms with van der Waals surface area (Å²) in [7, 11) is 1.52. The summed E-state index contributed by atoms with van der Waals surface area (Å²) in [4.78, 5) is 16.4. The van der Waals surface area contributed by atoms with Crippen molar-refractivity contribution < 1.29 is 9.13 Å². The standard InChI is InChI=1S/C25H17FN6O/c1-33-17-9-15(8-16(26)11-17)18-4-5-29-25-19(18)12-22(30-25)24-20-10-14(2-3-21(20)31-32-24)23-13-27-6-7-28-23/h2-13H,1H3,(H,29,30)(H,31,32). The highest BCUT2D eigenvalue weighted by Gasteiger charge is 2.16. The minimum Gasteiger partial charge on any atom is -0.497 e. The van der Waals surface area contributed by atoms with Gasteiger partial charge >= 0.3 is 0 Å². The zero-order chi connectivity index (χ0) is 22.4. The molecule has 0 saturated heterocycles. The van der Waals surface area contributed by atoms with Crippen molar-refractivity contribution >= 4 is 21.9 Å². The number of halogens is 1. The maximum atomic E-state index is 14.2. The second-order valence-corrected chi connectivity index (χ2v) is 7.61. The van der Waals surface area contributed by atoms with E-state index in [9.17, 15) is 4.39 Å². The van der Waals surface area contributed by atoms with Crippen LogP contribution < -0.4 is 4.74 Å². The van der Waals surface area contributed by atoms with Crippen molar-refractivity contribution in [2.75, 3.05) is 7.11 Å². The van der Waals surface area contributed by atoms with Gasteiger partial charge < -0.3 is 9.72 Å². The molecular formula is C25H17FN6O. The van der Waals surface area contributed by atoms with Crippen molar-refractivity contribution in [1.82, 2.24) is 30.1 Å². The minimum absolute atomic E-state index is 0.361. The van der Waals surface area contributed by atoms with Gasteiger partial charge in [-0.05, 0) is 47.5 Å². The Labute approximate surface area is 187 Å². The number of benzene rings is 2. The number of hydrogen-bond donors (Lipinski definition) is 2. The summed E-state index contributed by atoms with van der Waals surface area (Å²) in [5.41, 5.74) is 6.44. The molecule has 0 unspecified atom stereocenters. The maximum absolute atomic E-state index is 14.2. The van der Waals surface area contributed by atoms with Crippen molar-refractivity contribution in [3.05, 3.63) is 79.1 Å². The molecule has 0 aliphatic rings. The number of hydrogen-bond acceptors (Lipinski definition) is 5. The lowest BCUT2D eigenvalue weighted by Crippen LogP contribution is -1.88. The lowest BCUT2D eigenvalue weighted by atomic mass is 10.0. The Kier molecular flexibility index (Phi) is 4.36. The van der Waals surface area contributed by atoms with Gasteiger partial charge in [-0.15, -0.1) is 0 Å². The van der Waals surface area contributed by atoms with Crippen LogP contribution in [0.5, 0.6) is 5.75 Å². The van der Waals surface area contributed by atoms with Gasteiger partial charge in [0.2, 0.25) is 0 Å². The minimum atomic E-state index is -0.361. The quantitative estimate of drug-likeness (QED) is 0.387. The molecule has 2 aromatic carbocycles. The molecule has 4 aromatic heterocycles. The summed E-state index contributed by atoms with van der Waals surface area (Å²) >= 11 is 0. The Balaban J connectivity index is 1.50. The van der Waals surface area contributed by atoms with Crippen LogP contribution in [-0.4, -0.2) is 37.2 Å². The number of methoxy groups -OCH3 is 1. The summed E-state index contributed by atoms with van der Waals surface area (Å²) in [6, 6.07) is 14.5. The first-order valence-corrected chi connectivity index (χ1v) is 10.3. The SMILES string of the molecule is COc1cc(F)cc(-c2ccnc3[nH]c(-c4n[nH]c5ccc(-c6cnccn6)cc45)cc23)c1. The monoisotopic (exact) mass is 436 g/mol. The lowest BCUT2D eigenvalue weighted by molar-refractivity contribution is 0.411. The fourth-order valence-corrected chi connectivity index (χ4v) is 4.07. The van der Waals surface area contributed by atoms with Crippen molar-refractivity contribution in [3.8, 4) is 39.5 Å². The molecule has 6 rings (SSSR count). The average molecular weight is 436 g/mol. The predicted octanol–water partition coefficient (Wildman–Crippen LogP) is 5.38. The van der Waals surface area contributed by atoms with Crippen LogP contribution in [0.1, 0.15) is 0 Å². The highest BCUT2D eigenvalue weighted by Crippen LogP contribution is 2.35.